The average Bonchev–Trinajstić information content (AvgIpc) is 2.59. The van der Waals surface area contributed by atoms with E-state index in [4.69, 9.17) is 11.6 Å². The monoisotopic (exact) mass is 451 g/mol. The molecule has 156 valence electrons. The van der Waals surface area contributed by atoms with Crippen LogP contribution in [0.3, 0.4) is 0 Å². The first-order valence-electron chi connectivity index (χ1n) is 7.68. The Labute approximate surface area is 167 Å². The van der Waals surface area contributed by atoms with Gasteiger partial charge < -0.3 is 10.6 Å². The fourth-order valence-corrected chi connectivity index (χ4v) is 3.02. The summed E-state index contributed by atoms with van der Waals surface area (Å²) in [5.41, 5.74) is -2.03. The lowest BCUT2D eigenvalue weighted by Crippen LogP contribution is -2.22. The second-order valence-electron chi connectivity index (χ2n) is 5.80. The van der Waals surface area contributed by atoms with Crippen LogP contribution >= 0.6 is 11.6 Å². The van der Waals surface area contributed by atoms with Crippen LogP contribution in [0.2, 0.25) is 5.02 Å². The Hall–Kier alpha value is -2.86. The van der Waals surface area contributed by atoms with E-state index < -0.39 is 44.6 Å². The number of anilines is 2. The van der Waals surface area contributed by atoms with Gasteiger partial charge in [-0.15, -0.1) is 0 Å². The predicted molar refractivity (Wildman–Crippen MR) is 99.8 cm³/mol. The number of sulfone groups is 1. The van der Waals surface area contributed by atoms with Crippen molar-refractivity contribution in [3.8, 4) is 0 Å². The van der Waals surface area contributed by atoms with E-state index >= 15 is 0 Å². The molecule has 0 saturated carbocycles. The second kappa shape index (κ2) is 8.25. The van der Waals surface area contributed by atoms with Crippen molar-refractivity contribution in [3.63, 3.8) is 0 Å². The number of hydrogen-bond donors (Lipinski definition) is 2. The van der Waals surface area contributed by atoms with Crippen molar-refractivity contribution in [1.82, 2.24) is 0 Å². The molecule has 0 aromatic heterocycles. The molecule has 0 atom stereocenters. The van der Waals surface area contributed by atoms with Gasteiger partial charge in [-0.25, -0.2) is 8.42 Å². The maximum absolute atomic E-state index is 12.8. The maximum Gasteiger partial charge on any atom is 0.416 e. The minimum Gasteiger partial charge on any atom is -0.371 e. The Balaban J connectivity index is 2.17. The molecule has 2 rings (SSSR count). The van der Waals surface area contributed by atoms with Gasteiger partial charge in [0.2, 0.25) is 5.91 Å². The van der Waals surface area contributed by atoms with Gasteiger partial charge in [-0.2, -0.15) is 13.2 Å². The van der Waals surface area contributed by atoms with Gasteiger partial charge in [0, 0.05) is 12.3 Å². The number of rotatable bonds is 6. The minimum absolute atomic E-state index is 0.130. The SMILES string of the molecule is CS(=O)(=O)c1ccc(NCC(=O)Nc2cc(C(F)(F)F)ccc2Cl)c([N+](=O)[O-])c1. The first-order valence-corrected chi connectivity index (χ1v) is 9.95. The number of nitro benzene ring substituents is 1. The average molecular weight is 452 g/mol. The van der Waals surface area contributed by atoms with Gasteiger partial charge >= 0.3 is 6.18 Å². The molecule has 29 heavy (non-hydrogen) atoms. The molecule has 0 saturated heterocycles. The van der Waals surface area contributed by atoms with Crippen molar-refractivity contribution >= 4 is 44.4 Å². The highest BCUT2D eigenvalue weighted by Crippen LogP contribution is 2.34. The number of nitrogens with zero attached hydrogens (tertiary/aromatic N) is 1. The fourth-order valence-electron chi connectivity index (χ4n) is 2.21. The highest BCUT2D eigenvalue weighted by Gasteiger charge is 2.31. The molecule has 0 fully saturated rings. The molecule has 0 bridgehead atoms. The molecule has 2 N–H and O–H groups in total. The molecule has 0 spiro atoms. The number of alkyl halides is 3. The normalized spacial score (nSPS) is 11.8. The Morgan fingerprint density at radius 2 is 1.83 bits per heavy atom. The lowest BCUT2D eigenvalue weighted by molar-refractivity contribution is -0.384. The third-order valence-electron chi connectivity index (χ3n) is 3.60. The van der Waals surface area contributed by atoms with E-state index in [0.29, 0.717) is 6.07 Å². The summed E-state index contributed by atoms with van der Waals surface area (Å²) < 4.78 is 61.3. The molecule has 0 radical (unpaired) electrons. The molecule has 0 unspecified atom stereocenters. The summed E-state index contributed by atoms with van der Waals surface area (Å²) in [6.45, 7) is -0.550. The largest absolute Gasteiger partial charge is 0.416 e. The van der Waals surface area contributed by atoms with Gasteiger partial charge in [0.15, 0.2) is 9.84 Å². The molecular formula is C16H13ClF3N3O5S. The molecule has 2 aromatic rings. The summed E-state index contributed by atoms with van der Waals surface area (Å²) in [4.78, 5) is 22.1. The van der Waals surface area contributed by atoms with E-state index in [1.54, 1.807) is 0 Å². The quantitative estimate of drug-likeness (QED) is 0.510. The summed E-state index contributed by atoms with van der Waals surface area (Å²) in [6, 6.07) is 5.44. The molecular weight excluding hydrogens is 439 g/mol. The van der Waals surface area contributed by atoms with Gasteiger partial charge in [-0.05, 0) is 30.3 Å². The number of hydrogen-bond acceptors (Lipinski definition) is 6. The first-order chi connectivity index (χ1) is 13.3. The lowest BCUT2D eigenvalue weighted by Gasteiger charge is -2.12. The van der Waals surface area contributed by atoms with E-state index in [2.05, 4.69) is 10.6 Å². The van der Waals surface area contributed by atoms with Gasteiger partial charge in [0.1, 0.15) is 5.69 Å². The van der Waals surface area contributed by atoms with Crippen LogP contribution in [0.15, 0.2) is 41.3 Å². The van der Waals surface area contributed by atoms with Crippen LogP contribution < -0.4 is 10.6 Å². The Morgan fingerprint density at radius 3 is 2.38 bits per heavy atom. The zero-order valence-electron chi connectivity index (χ0n) is 14.6. The third-order valence-corrected chi connectivity index (χ3v) is 5.04. The van der Waals surface area contributed by atoms with Crippen molar-refractivity contribution in [2.75, 3.05) is 23.4 Å². The van der Waals surface area contributed by atoms with E-state index in [1.807, 2.05) is 0 Å². The molecule has 2 aromatic carbocycles. The molecule has 0 aliphatic heterocycles. The van der Waals surface area contributed by atoms with Gasteiger partial charge in [0.25, 0.3) is 5.69 Å². The summed E-state index contributed by atoms with van der Waals surface area (Å²) in [7, 11) is -3.69. The summed E-state index contributed by atoms with van der Waals surface area (Å²) in [6.07, 6.45) is -3.75. The summed E-state index contributed by atoms with van der Waals surface area (Å²) in [5.74, 6) is -0.826. The minimum atomic E-state index is -4.63. The topological polar surface area (TPSA) is 118 Å². The summed E-state index contributed by atoms with van der Waals surface area (Å²) in [5, 5.41) is 15.7. The van der Waals surface area contributed by atoms with Crippen LogP contribution in [0.1, 0.15) is 5.56 Å². The number of benzene rings is 2. The van der Waals surface area contributed by atoms with Crippen LogP contribution in [0, 0.1) is 10.1 Å². The van der Waals surface area contributed by atoms with Crippen LogP contribution in [-0.2, 0) is 20.8 Å². The highest BCUT2D eigenvalue weighted by atomic mass is 35.5. The number of carbonyl (C=O) groups excluding carboxylic acids is 1. The highest BCUT2D eigenvalue weighted by molar-refractivity contribution is 7.90. The maximum atomic E-state index is 12.8. The zero-order valence-corrected chi connectivity index (χ0v) is 16.2. The van der Waals surface area contributed by atoms with Crippen LogP contribution in [0.25, 0.3) is 0 Å². The van der Waals surface area contributed by atoms with Crippen LogP contribution in [0.5, 0.6) is 0 Å². The predicted octanol–water partition coefficient (Wildman–Crippen LogP) is 3.72. The molecule has 1 amide bonds. The standard InChI is InChI=1S/C16H13ClF3N3O5S/c1-29(27,28)10-3-5-12(14(7-10)23(25)26)21-8-15(24)22-13-6-9(16(18,19)20)2-4-11(13)17/h2-7,21H,8H2,1H3,(H,22,24). The van der Waals surface area contributed by atoms with Crippen molar-refractivity contribution in [2.45, 2.75) is 11.1 Å². The number of amides is 1. The van der Waals surface area contributed by atoms with Crippen molar-refractivity contribution in [3.05, 3.63) is 57.1 Å². The molecule has 0 aliphatic rings. The molecule has 0 aliphatic carbocycles. The molecule has 0 heterocycles. The third kappa shape index (κ3) is 5.81. The van der Waals surface area contributed by atoms with Gasteiger partial charge in [-0.1, -0.05) is 11.6 Å². The van der Waals surface area contributed by atoms with Gasteiger partial charge in [0.05, 0.1) is 32.6 Å². The van der Waals surface area contributed by atoms with E-state index in [0.717, 1.165) is 36.6 Å². The molecule has 8 nitrogen and oxygen atoms in total. The van der Waals surface area contributed by atoms with E-state index in [9.17, 15) is 36.5 Å². The number of halogens is 4. The fraction of sp³-hybridized carbons (Fsp3) is 0.188. The summed E-state index contributed by atoms with van der Waals surface area (Å²) >= 11 is 5.79. The van der Waals surface area contributed by atoms with Gasteiger partial charge in [-0.3, -0.25) is 14.9 Å². The number of nitro groups is 1. The first kappa shape index (κ1) is 22.4. The van der Waals surface area contributed by atoms with Crippen LogP contribution in [0.4, 0.5) is 30.2 Å². The Kier molecular flexibility index (Phi) is 6.38. The number of carbonyl (C=O) groups is 1. The van der Waals surface area contributed by atoms with Crippen molar-refractivity contribution in [2.24, 2.45) is 0 Å². The number of nitrogens with one attached hydrogen (secondary N) is 2. The Morgan fingerprint density at radius 1 is 1.17 bits per heavy atom. The van der Waals surface area contributed by atoms with E-state index in [-0.39, 0.29) is 21.3 Å². The van der Waals surface area contributed by atoms with Crippen LogP contribution in [-0.4, -0.2) is 32.0 Å². The van der Waals surface area contributed by atoms with Crippen molar-refractivity contribution in [1.29, 1.82) is 0 Å². The Bertz CT molecular complexity index is 1070. The van der Waals surface area contributed by atoms with E-state index in [1.165, 1.54) is 0 Å². The lowest BCUT2D eigenvalue weighted by atomic mass is 10.2. The zero-order chi connectivity index (χ0) is 22.0. The smallest absolute Gasteiger partial charge is 0.371 e. The molecule has 13 heteroatoms. The second-order valence-corrected chi connectivity index (χ2v) is 8.23. The van der Waals surface area contributed by atoms with Crippen molar-refractivity contribution < 1.29 is 31.3 Å².